The van der Waals surface area contributed by atoms with E-state index in [0.29, 0.717) is 11.8 Å². The van der Waals surface area contributed by atoms with Crippen LogP contribution in [0.4, 0.5) is 0 Å². The van der Waals surface area contributed by atoms with E-state index in [1.165, 1.54) is 36.0 Å². The van der Waals surface area contributed by atoms with Gasteiger partial charge < -0.3 is 9.84 Å². The van der Waals surface area contributed by atoms with Crippen LogP contribution in [0.1, 0.15) is 74.0 Å². The molecule has 1 unspecified atom stereocenters. The van der Waals surface area contributed by atoms with Crippen LogP contribution in [-0.4, -0.2) is 24.3 Å². The van der Waals surface area contributed by atoms with Crippen LogP contribution < -0.4 is 0 Å². The Labute approximate surface area is 139 Å². The molecule has 0 bridgehead atoms. The molecule has 3 heteroatoms. The van der Waals surface area contributed by atoms with E-state index in [9.17, 15) is 4.79 Å². The largest absolute Gasteiger partial charge is 0.481 e. The number of aliphatic carboxylic acids is 1. The first-order valence-corrected chi connectivity index (χ1v) is 9.06. The second-order valence-corrected chi connectivity index (χ2v) is 7.29. The number of hydrogen-bond acceptors (Lipinski definition) is 2. The Morgan fingerprint density at radius 3 is 2.65 bits per heavy atom. The van der Waals surface area contributed by atoms with Gasteiger partial charge in [0.05, 0.1) is 0 Å². The molecule has 23 heavy (non-hydrogen) atoms. The molecule has 126 valence electrons. The fourth-order valence-corrected chi connectivity index (χ4v) is 3.85. The molecule has 0 spiro atoms. The number of carboxylic acids is 1. The van der Waals surface area contributed by atoms with Gasteiger partial charge in [0.15, 0.2) is 0 Å². The fraction of sp³-hybridized carbons (Fsp3) is 0.650. The lowest BCUT2D eigenvalue weighted by atomic mass is 9.79. The van der Waals surface area contributed by atoms with E-state index >= 15 is 0 Å². The smallest absolute Gasteiger partial charge is 0.303 e. The summed E-state index contributed by atoms with van der Waals surface area (Å²) in [5, 5.41) is 8.99. The van der Waals surface area contributed by atoms with Crippen molar-refractivity contribution in [1.29, 1.82) is 0 Å². The Balaban J connectivity index is 1.87. The van der Waals surface area contributed by atoms with Crippen LogP contribution in [0.5, 0.6) is 0 Å². The zero-order valence-corrected chi connectivity index (χ0v) is 14.1. The predicted octanol–water partition coefficient (Wildman–Crippen LogP) is 4.50. The van der Waals surface area contributed by atoms with Crippen LogP contribution in [0.15, 0.2) is 18.2 Å². The molecule has 0 amide bonds. The molecule has 3 rings (SSSR count). The zero-order chi connectivity index (χ0) is 16.2. The van der Waals surface area contributed by atoms with E-state index in [4.69, 9.17) is 9.84 Å². The van der Waals surface area contributed by atoms with Gasteiger partial charge in [-0.3, -0.25) is 4.79 Å². The van der Waals surface area contributed by atoms with Crippen LogP contribution in [0.2, 0.25) is 0 Å². The summed E-state index contributed by atoms with van der Waals surface area (Å²) in [4.78, 5) is 10.9. The molecular formula is C20H28O3. The molecule has 1 aliphatic carbocycles. The normalized spacial score (nSPS) is 20.4. The third kappa shape index (κ3) is 4.35. The van der Waals surface area contributed by atoms with Crippen LogP contribution >= 0.6 is 0 Å². The lowest BCUT2D eigenvalue weighted by Crippen LogP contribution is -2.18. The summed E-state index contributed by atoms with van der Waals surface area (Å²) in [5.74, 6) is 1.07. The summed E-state index contributed by atoms with van der Waals surface area (Å²) in [7, 11) is 0. The van der Waals surface area contributed by atoms with Crippen molar-refractivity contribution in [3.8, 4) is 0 Å². The van der Waals surface area contributed by atoms with Crippen molar-refractivity contribution in [3.05, 3.63) is 34.9 Å². The standard InChI is InChI=1S/C20H28O3/c1-14(5-8-19(21)22)18-4-2-3-17(13-15-6-7-15)20(18)16-9-11-23-12-10-16/h2-4,14-16H,5-13H2,1H3,(H,21,22). The van der Waals surface area contributed by atoms with Crippen molar-refractivity contribution < 1.29 is 14.6 Å². The molecule has 0 aromatic heterocycles. The van der Waals surface area contributed by atoms with Crippen LogP contribution in [0.25, 0.3) is 0 Å². The minimum atomic E-state index is -0.696. The second kappa shape index (κ2) is 7.48. The number of carbonyl (C=O) groups is 1. The summed E-state index contributed by atoms with van der Waals surface area (Å²) in [6.45, 7) is 3.89. The first kappa shape index (κ1) is 16.5. The molecule has 1 aromatic carbocycles. The van der Waals surface area contributed by atoms with Crippen LogP contribution in [0, 0.1) is 5.92 Å². The highest BCUT2D eigenvalue weighted by Crippen LogP contribution is 2.40. The van der Waals surface area contributed by atoms with Gasteiger partial charge in [-0.25, -0.2) is 0 Å². The monoisotopic (exact) mass is 316 g/mol. The maximum atomic E-state index is 10.9. The number of ether oxygens (including phenoxy) is 1. The molecule has 2 fully saturated rings. The topological polar surface area (TPSA) is 46.5 Å². The van der Waals surface area contributed by atoms with Crippen LogP contribution in [0.3, 0.4) is 0 Å². The minimum absolute atomic E-state index is 0.251. The number of carboxylic acid groups (broad SMARTS) is 1. The van der Waals surface area contributed by atoms with Crippen molar-refractivity contribution in [3.63, 3.8) is 0 Å². The molecule has 1 aliphatic heterocycles. The minimum Gasteiger partial charge on any atom is -0.481 e. The SMILES string of the molecule is CC(CCC(=O)O)c1cccc(CC2CC2)c1C1CCOCC1. The average Bonchev–Trinajstić information content (AvgIpc) is 3.37. The van der Waals surface area contributed by atoms with Gasteiger partial charge in [-0.1, -0.05) is 25.1 Å². The van der Waals surface area contributed by atoms with Gasteiger partial charge in [0.1, 0.15) is 0 Å². The summed E-state index contributed by atoms with van der Waals surface area (Å²) in [6.07, 6.45) is 7.10. The van der Waals surface area contributed by atoms with Gasteiger partial charge in [0.2, 0.25) is 0 Å². The van der Waals surface area contributed by atoms with E-state index in [0.717, 1.165) is 38.4 Å². The Morgan fingerprint density at radius 2 is 2.00 bits per heavy atom. The van der Waals surface area contributed by atoms with Crippen molar-refractivity contribution in [2.24, 2.45) is 5.92 Å². The van der Waals surface area contributed by atoms with E-state index < -0.39 is 5.97 Å². The predicted molar refractivity (Wildman–Crippen MR) is 90.9 cm³/mol. The molecule has 1 saturated carbocycles. The van der Waals surface area contributed by atoms with Crippen LogP contribution in [-0.2, 0) is 16.0 Å². The zero-order valence-electron chi connectivity index (χ0n) is 14.1. The molecule has 1 N–H and O–H groups in total. The van der Waals surface area contributed by atoms with E-state index in [2.05, 4.69) is 25.1 Å². The van der Waals surface area contributed by atoms with Gasteiger partial charge in [-0.15, -0.1) is 0 Å². The molecule has 3 nitrogen and oxygen atoms in total. The summed E-state index contributed by atoms with van der Waals surface area (Å²) < 4.78 is 5.56. The fourth-order valence-electron chi connectivity index (χ4n) is 3.85. The molecule has 1 atom stereocenters. The van der Waals surface area contributed by atoms with Gasteiger partial charge in [0.25, 0.3) is 0 Å². The van der Waals surface area contributed by atoms with Crippen molar-refractivity contribution in [2.45, 2.75) is 63.7 Å². The highest BCUT2D eigenvalue weighted by Gasteiger charge is 2.28. The van der Waals surface area contributed by atoms with Gasteiger partial charge >= 0.3 is 5.97 Å². The van der Waals surface area contributed by atoms with Gasteiger partial charge in [0, 0.05) is 19.6 Å². The van der Waals surface area contributed by atoms with Gasteiger partial charge in [-0.05, 0) is 73.0 Å². The third-order valence-electron chi connectivity index (χ3n) is 5.39. The highest BCUT2D eigenvalue weighted by atomic mass is 16.5. The average molecular weight is 316 g/mol. The first-order valence-electron chi connectivity index (χ1n) is 9.06. The molecule has 1 aromatic rings. The Bertz CT molecular complexity index is 542. The molecule has 0 radical (unpaired) electrons. The Kier molecular flexibility index (Phi) is 5.37. The van der Waals surface area contributed by atoms with E-state index in [1.54, 1.807) is 0 Å². The maximum Gasteiger partial charge on any atom is 0.303 e. The van der Waals surface area contributed by atoms with E-state index in [1.807, 2.05) is 0 Å². The second-order valence-electron chi connectivity index (χ2n) is 7.29. The summed E-state index contributed by atoms with van der Waals surface area (Å²) in [6, 6.07) is 6.71. The number of benzene rings is 1. The molecule has 1 heterocycles. The lowest BCUT2D eigenvalue weighted by Gasteiger charge is -2.29. The Morgan fingerprint density at radius 1 is 1.26 bits per heavy atom. The number of hydrogen-bond donors (Lipinski definition) is 1. The number of rotatable bonds is 7. The molecular weight excluding hydrogens is 288 g/mol. The lowest BCUT2D eigenvalue weighted by molar-refractivity contribution is -0.137. The van der Waals surface area contributed by atoms with Gasteiger partial charge in [-0.2, -0.15) is 0 Å². The summed E-state index contributed by atoms with van der Waals surface area (Å²) >= 11 is 0. The first-order chi connectivity index (χ1) is 11.1. The molecule has 1 saturated heterocycles. The van der Waals surface area contributed by atoms with Crippen molar-refractivity contribution in [1.82, 2.24) is 0 Å². The van der Waals surface area contributed by atoms with E-state index in [-0.39, 0.29) is 6.42 Å². The van der Waals surface area contributed by atoms with Crippen molar-refractivity contribution >= 4 is 5.97 Å². The summed E-state index contributed by atoms with van der Waals surface area (Å²) in [5.41, 5.74) is 4.43. The van der Waals surface area contributed by atoms with Crippen molar-refractivity contribution in [2.75, 3.05) is 13.2 Å². The quantitative estimate of drug-likeness (QED) is 0.805. The Hall–Kier alpha value is -1.35. The maximum absolute atomic E-state index is 10.9. The molecule has 2 aliphatic rings. The highest BCUT2D eigenvalue weighted by molar-refractivity contribution is 5.66. The third-order valence-corrected chi connectivity index (χ3v) is 5.39.